The Morgan fingerprint density at radius 3 is 2.68 bits per heavy atom. The number of hydrogen-bond acceptors (Lipinski definition) is 5. The van der Waals surface area contributed by atoms with E-state index in [1.54, 1.807) is 18.6 Å². The average molecular weight is 371 g/mol. The van der Waals surface area contributed by atoms with E-state index in [2.05, 4.69) is 27.0 Å². The maximum Gasteiger partial charge on any atom is 0.170 e. The molecule has 1 atom stereocenters. The van der Waals surface area contributed by atoms with Crippen LogP contribution < -0.4 is 0 Å². The highest BCUT2D eigenvalue weighted by molar-refractivity contribution is 6.07. The molecule has 2 aliphatic rings. The number of nitrogens with zero attached hydrogens (tertiary/aromatic N) is 5. The van der Waals surface area contributed by atoms with E-state index in [0.29, 0.717) is 0 Å². The van der Waals surface area contributed by atoms with Gasteiger partial charge in [-0.3, -0.25) is 20.0 Å². The Hall–Kier alpha value is -3.41. The average Bonchev–Trinajstić information content (AvgIpc) is 3.15. The molecule has 4 heterocycles. The zero-order valence-corrected chi connectivity index (χ0v) is 15.2. The third kappa shape index (κ3) is 2.60. The number of aromatic nitrogens is 2. The number of aliphatic imine (C=N–C) groups is 2. The van der Waals surface area contributed by atoms with E-state index in [4.69, 9.17) is 9.98 Å². The number of rotatable bonds is 3. The second kappa shape index (κ2) is 6.64. The van der Waals surface area contributed by atoms with Gasteiger partial charge in [-0.05, 0) is 47.4 Å². The fraction of sp³-hybridized carbons (Fsp3) is 0.182. The first-order valence-electron chi connectivity index (χ1n) is 9.26. The van der Waals surface area contributed by atoms with Crippen LogP contribution in [0.4, 0.5) is 4.39 Å². The van der Waals surface area contributed by atoms with Crippen LogP contribution in [-0.4, -0.2) is 40.1 Å². The van der Waals surface area contributed by atoms with Crippen LogP contribution in [0.5, 0.6) is 0 Å². The topological polar surface area (TPSA) is 53.7 Å². The Balaban J connectivity index is 1.71. The lowest BCUT2D eigenvalue weighted by Gasteiger charge is -2.33. The molecule has 5 nitrogen and oxygen atoms in total. The van der Waals surface area contributed by atoms with Gasteiger partial charge < -0.3 is 4.90 Å². The predicted molar refractivity (Wildman–Crippen MR) is 107 cm³/mol. The van der Waals surface area contributed by atoms with Crippen LogP contribution in [0.2, 0.25) is 0 Å². The van der Waals surface area contributed by atoms with Crippen molar-refractivity contribution in [2.24, 2.45) is 9.98 Å². The molecule has 28 heavy (non-hydrogen) atoms. The number of fused-ring (bicyclic) bond motifs is 1. The lowest BCUT2D eigenvalue weighted by Crippen LogP contribution is -2.43. The van der Waals surface area contributed by atoms with Crippen molar-refractivity contribution in [3.8, 4) is 11.1 Å². The SMILES string of the molecule is Fc1cncc(-c2cccc(C3(c4ccncc4)N=CN4CCCN=C43)c2)c1. The molecular formula is C22H18FN5. The first kappa shape index (κ1) is 16.7. The van der Waals surface area contributed by atoms with Crippen LogP contribution in [0, 0.1) is 5.82 Å². The van der Waals surface area contributed by atoms with Crippen molar-refractivity contribution >= 4 is 12.2 Å². The zero-order valence-electron chi connectivity index (χ0n) is 15.2. The van der Waals surface area contributed by atoms with Gasteiger partial charge in [-0.15, -0.1) is 0 Å². The molecule has 6 heteroatoms. The normalized spacial score (nSPS) is 20.8. The van der Waals surface area contributed by atoms with Crippen LogP contribution in [0.3, 0.4) is 0 Å². The van der Waals surface area contributed by atoms with Crippen molar-refractivity contribution in [2.45, 2.75) is 12.0 Å². The Morgan fingerprint density at radius 1 is 0.929 bits per heavy atom. The minimum Gasteiger partial charge on any atom is -0.319 e. The summed E-state index contributed by atoms with van der Waals surface area (Å²) in [6, 6.07) is 13.5. The van der Waals surface area contributed by atoms with Crippen molar-refractivity contribution in [3.63, 3.8) is 0 Å². The molecule has 2 aromatic heterocycles. The van der Waals surface area contributed by atoms with Gasteiger partial charge in [0, 0.05) is 37.2 Å². The van der Waals surface area contributed by atoms with Crippen LogP contribution in [0.1, 0.15) is 17.5 Å². The van der Waals surface area contributed by atoms with Gasteiger partial charge in [0.1, 0.15) is 11.7 Å². The van der Waals surface area contributed by atoms with Gasteiger partial charge in [-0.1, -0.05) is 18.2 Å². The molecule has 3 aromatic rings. The molecule has 0 fully saturated rings. The summed E-state index contributed by atoms with van der Waals surface area (Å²) in [5.74, 6) is 0.577. The molecule has 0 amide bonds. The van der Waals surface area contributed by atoms with Crippen molar-refractivity contribution in [3.05, 3.63) is 84.2 Å². The minimum atomic E-state index is -0.722. The molecule has 0 saturated carbocycles. The van der Waals surface area contributed by atoms with Gasteiger partial charge in [0.25, 0.3) is 0 Å². The van der Waals surface area contributed by atoms with E-state index in [-0.39, 0.29) is 5.82 Å². The summed E-state index contributed by atoms with van der Waals surface area (Å²) in [5.41, 5.74) is 2.90. The highest BCUT2D eigenvalue weighted by Gasteiger charge is 2.46. The van der Waals surface area contributed by atoms with Crippen LogP contribution in [0.25, 0.3) is 11.1 Å². The Bertz CT molecular complexity index is 1080. The van der Waals surface area contributed by atoms with Crippen molar-refractivity contribution in [1.82, 2.24) is 14.9 Å². The van der Waals surface area contributed by atoms with E-state index in [0.717, 1.165) is 47.6 Å². The predicted octanol–water partition coefficient (Wildman–Crippen LogP) is 3.67. The van der Waals surface area contributed by atoms with Crippen LogP contribution in [0.15, 0.2) is 77.2 Å². The van der Waals surface area contributed by atoms with E-state index in [9.17, 15) is 4.39 Å². The second-order valence-electron chi connectivity index (χ2n) is 6.92. The van der Waals surface area contributed by atoms with E-state index in [1.165, 1.54) is 12.3 Å². The highest BCUT2D eigenvalue weighted by atomic mass is 19.1. The molecule has 0 aliphatic carbocycles. The number of benzene rings is 1. The first-order chi connectivity index (χ1) is 13.8. The summed E-state index contributed by atoms with van der Waals surface area (Å²) in [5, 5.41) is 0. The number of halogens is 1. The molecule has 1 unspecified atom stereocenters. The molecule has 0 N–H and O–H groups in total. The fourth-order valence-corrected chi connectivity index (χ4v) is 3.93. The Kier molecular flexibility index (Phi) is 3.97. The molecule has 0 bridgehead atoms. The van der Waals surface area contributed by atoms with Gasteiger partial charge in [0.2, 0.25) is 0 Å². The molecule has 1 aromatic carbocycles. The lowest BCUT2D eigenvalue weighted by molar-refractivity contribution is 0.541. The standard InChI is InChI=1S/C22H18FN5/c23-20-12-17(13-25-14-20)16-3-1-4-19(11-16)22(18-5-8-24-9-6-18)21-26-7-2-10-28(21)15-27-22/h1,3-6,8-9,11-15H,2,7,10H2. The maximum atomic E-state index is 13.7. The quantitative estimate of drug-likeness (QED) is 0.706. The molecule has 0 radical (unpaired) electrons. The number of amidine groups is 1. The first-order valence-corrected chi connectivity index (χ1v) is 9.26. The monoisotopic (exact) mass is 371 g/mol. The highest BCUT2D eigenvalue weighted by Crippen LogP contribution is 2.41. The maximum absolute atomic E-state index is 13.7. The van der Waals surface area contributed by atoms with Crippen molar-refractivity contribution < 1.29 is 4.39 Å². The van der Waals surface area contributed by atoms with Crippen LogP contribution in [-0.2, 0) is 5.54 Å². The summed E-state index contributed by atoms with van der Waals surface area (Å²) in [6.07, 6.45) is 9.33. The molecular weight excluding hydrogens is 353 g/mol. The summed E-state index contributed by atoms with van der Waals surface area (Å²) in [7, 11) is 0. The van der Waals surface area contributed by atoms with Crippen LogP contribution >= 0.6 is 0 Å². The fourth-order valence-electron chi connectivity index (χ4n) is 3.93. The van der Waals surface area contributed by atoms with Crippen molar-refractivity contribution in [1.29, 1.82) is 0 Å². The molecule has 2 aliphatic heterocycles. The summed E-state index contributed by atoms with van der Waals surface area (Å²) < 4.78 is 13.7. The smallest absolute Gasteiger partial charge is 0.170 e. The molecule has 0 saturated heterocycles. The van der Waals surface area contributed by atoms with E-state index in [1.807, 2.05) is 30.6 Å². The molecule has 138 valence electrons. The molecule has 5 rings (SSSR count). The van der Waals surface area contributed by atoms with Gasteiger partial charge in [0.15, 0.2) is 5.54 Å². The van der Waals surface area contributed by atoms with Crippen molar-refractivity contribution in [2.75, 3.05) is 13.1 Å². The van der Waals surface area contributed by atoms with Gasteiger partial charge in [0.05, 0.1) is 12.5 Å². The van der Waals surface area contributed by atoms with Gasteiger partial charge in [-0.2, -0.15) is 0 Å². The van der Waals surface area contributed by atoms with E-state index < -0.39 is 5.54 Å². The van der Waals surface area contributed by atoms with E-state index >= 15 is 0 Å². The summed E-state index contributed by atoms with van der Waals surface area (Å²) in [4.78, 5) is 20.1. The lowest BCUT2D eigenvalue weighted by atomic mass is 9.81. The number of pyridine rings is 2. The van der Waals surface area contributed by atoms with Gasteiger partial charge >= 0.3 is 0 Å². The Labute approximate surface area is 162 Å². The minimum absolute atomic E-state index is 0.353. The number of hydrogen-bond donors (Lipinski definition) is 0. The summed E-state index contributed by atoms with van der Waals surface area (Å²) in [6.45, 7) is 1.69. The summed E-state index contributed by atoms with van der Waals surface area (Å²) >= 11 is 0. The largest absolute Gasteiger partial charge is 0.319 e. The second-order valence-corrected chi connectivity index (χ2v) is 6.92. The third-order valence-corrected chi connectivity index (χ3v) is 5.22. The molecule has 0 spiro atoms. The third-order valence-electron chi connectivity index (χ3n) is 5.22. The Morgan fingerprint density at radius 2 is 1.82 bits per heavy atom. The zero-order chi connectivity index (χ0) is 19.0. The van der Waals surface area contributed by atoms with Gasteiger partial charge in [-0.25, -0.2) is 4.39 Å².